The highest BCUT2D eigenvalue weighted by Crippen LogP contribution is 2.60. The van der Waals surface area contributed by atoms with Crippen LogP contribution in [0.15, 0.2) is 60.7 Å². The molecule has 2 aromatic carbocycles. The lowest BCUT2D eigenvalue weighted by Crippen LogP contribution is -2.54. The van der Waals surface area contributed by atoms with E-state index >= 15 is 0 Å². The van der Waals surface area contributed by atoms with Gasteiger partial charge in [0.1, 0.15) is 11.5 Å². The van der Waals surface area contributed by atoms with Gasteiger partial charge in [-0.25, -0.2) is 4.79 Å². The van der Waals surface area contributed by atoms with Crippen LogP contribution in [0.1, 0.15) is 119 Å². The van der Waals surface area contributed by atoms with Gasteiger partial charge < -0.3 is 14.6 Å². The predicted octanol–water partition coefficient (Wildman–Crippen LogP) is 10.1. The Morgan fingerprint density at radius 3 is 1.77 bits per heavy atom. The van der Waals surface area contributed by atoms with Crippen molar-refractivity contribution in [1.82, 2.24) is 0 Å². The number of benzene rings is 2. The van der Waals surface area contributed by atoms with Gasteiger partial charge in [-0.15, -0.1) is 0 Å². The Balaban J connectivity index is 2.65. The Hall–Kier alpha value is -3.08. The molecule has 0 heterocycles. The molecule has 244 valence electrons. The number of carbonyl (C=O) groups is 2. The van der Waals surface area contributed by atoms with Gasteiger partial charge in [-0.2, -0.15) is 0 Å². The average molecular weight is 607 g/mol. The third-order valence-electron chi connectivity index (χ3n) is 10.4. The van der Waals surface area contributed by atoms with Crippen LogP contribution in [0.4, 0.5) is 0 Å². The standard InChI is InChI=1S/C39H58O5/c1-25(2)34(41)44-31-21-17-29(18-22-31)33(38(11,12)39(13,35(42)43-14)37(8,9)10)23-26(3)27(4)32(24-36(5,6)7)28-15-19-30(40)20-16-28/h15-22,26-27,32-33,40H,1,23-24H2,2-14H3. The van der Waals surface area contributed by atoms with Crippen molar-refractivity contribution in [3.63, 3.8) is 0 Å². The van der Waals surface area contributed by atoms with E-state index in [-0.39, 0.29) is 34.9 Å². The zero-order chi connectivity index (χ0) is 33.8. The van der Waals surface area contributed by atoms with Crippen molar-refractivity contribution in [3.05, 3.63) is 71.8 Å². The monoisotopic (exact) mass is 606 g/mol. The van der Waals surface area contributed by atoms with Crippen LogP contribution < -0.4 is 4.74 Å². The summed E-state index contributed by atoms with van der Waals surface area (Å²) in [6.45, 7) is 29.6. The fourth-order valence-electron chi connectivity index (χ4n) is 6.87. The molecule has 5 atom stereocenters. The van der Waals surface area contributed by atoms with E-state index in [0.29, 0.717) is 17.2 Å². The number of hydrogen-bond donors (Lipinski definition) is 1. The van der Waals surface area contributed by atoms with E-state index in [4.69, 9.17) is 9.47 Å². The Labute approximate surface area is 267 Å². The van der Waals surface area contributed by atoms with Gasteiger partial charge in [0.15, 0.2) is 0 Å². The van der Waals surface area contributed by atoms with Crippen LogP contribution >= 0.6 is 0 Å². The summed E-state index contributed by atoms with van der Waals surface area (Å²) in [6.07, 6.45) is 1.84. The highest BCUT2D eigenvalue weighted by molar-refractivity contribution is 5.88. The zero-order valence-corrected chi connectivity index (χ0v) is 29.6. The van der Waals surface area contributed by atoms with Gasteiger partial charge in [0.05, 0.1) is 12.5 Å². The second-order valence-electron chi connectivity index (χ2n) is 15.9. The normalized spacial score (nSPS) is 16.7. The number of rotatable bonds is 12. The van der Waals surface area contributed by atoms with Gasteiger partial charge in [-0.1, -0.05) is 100 Å². The number of hydrogen-bond acceptors (Lipinski definition) is 5. The molecule has 0 saturated carbocycles. The molecule has 0 spiro atoms. The van der Waals surface area contributed by atoms with Crippen LogP contribution in [0, 0.1) is 33.5 Å². The van der Waals surface area contributed by atoms with Crippen LogP contribution in [0.3, 0.4) is 0 Å². The molecule has 0 aromatic heterocycles. The molecule has 0 radical (unpaired) electrons. The lowest BCUT2D eigenvalue weighted by Gasteiger charge is -2.54. The van der Waals surface area contributed by atoms with Gasteiger partial charge in [-0.3, -0.25) is 4.79 Å². The molecule has 5 nitrogen and oxygen atoms in total. The lowest BCUT2D eigenvalue weighted by molar-refractivity contribution is -0.173. The molecular formula is C39H58O5. The first-order chi connectivity index (χ1) is 20.1. The summed E-state index contributed by atoms with van der Waals surface area (Å²) >= 11 is 0. The fraction of sp³-hybridized carbons (Fsp3) is 0.590. The van der Waals surface area contributed by atoms with E-state index < -0.39 is 22.2 Å². The van der Waals surface area contributed by atoms with Crippen molar-refractivity contribution in [2.75, 3.05) is 7.11 Å². The number of phenols is 1. The maximum Gasteiger partial charge on any atom is 0.338 e. The molecule has 44 heavy (non-hydrogen) atoms. The fourth-order valence-corrected chi connectivity index (χ4v) is 6.87. The van der Waals surface area contributed by atoms with Crippen molar-refractivity contribution in [3.8, 4) is 11.5 Å². The number of carbonyl (C=O) groups excluding carboxylic acids is 2. The number of esters is 2. The molecule has 0 amide bonds. The first-order valence-electron chi connectivity index (χ1n) is 15.9. The summed E-state index contributed by atoms with van der Waals surface area (Å²) in [5, 5.41) is 9.99. The summed E-state index contributed by atoms with van der Waals surface area (Å²) in [4.78, 5) is 25.9. The lowest BCUT2D eigenvalue weighted by atomic mass is 9.48. The number of phenolic OH excluding ortho intramolecular Hbond substituents is 1. The van der Waals surface area contributed by atoms with Crippen molar-refractivity contribution >= 4 is 11.9 Å². The van der Waals surface area contributed by atoms with Crippen LogP contribution in [0.2, 0.25) is 0 Å². The van der Waals surface area contributed by atoms with E-state index in [1.165, 1.54) is 12.7 Å². The molecular weight excluding hydrogens is 548 g/mol. The van der Waals surface area contributed by atoms with Gasteiger partial charge in [0, 0.05) is 5.57 Å². The maximum absolute atomic E-state index is 13.7. The highest BCUT2D eigenvalue weighted by Gasteiger charge is 2.58. The van der Waals surface area contributed by atoms with E-state index in [1.807, 2.05) is 31.2 Å². The van der Waals surface area contributed by atoms with Gasteiger partial charge in [-0.05, 0) is 102 Å². The Morgan fingerprint density at radius 2 is 1.34 bits per heavy atom. The van der Waals surface area contributed by atoms with Gasteiger partial charge >= 0.3 is 11.9 Å². The predicted molar refractivity (Wildman–Crippen MR) is 181 cm³/mol. The molecule has 5 unspecified atom stereocenters. The SMILES string of the molecule is C=C(C)C(=O)Oc1ccc(C(CC(C)C(C)C(CC(C)(C)C)c2ccc(O)cc2)C(C)(C)C(C)(C(=O)OC)C(C)(C)C)cc1. The third kappa shape index (κ3) is 8.34. The minimum absolute atomic E-state index is 0.0238. The van der Waals surface area contributed by atoms with E-state index in [9.17, 15) is 14.7 Å². The minimum atomic E-state index is -0.824. The van der Waals surface area contributed by atoms with Crippen LogP contribution in [-0.2, 0) is 14.3 Å². The summed E-state index contributed by atoms with van der Waals surface area (Å²) in [5.41, 5.74) is 1.02. The van der Waals surface area contributed by atoms with Gasteiger partial charge in [0.25, 0.3) is 0 Å². The largest absolute Gasteiger partial charge is 0.508 e. The first kappa shape index (κ1) is 37.1. The van der Waals surface area contributed by atoms with Crippen LogP contribution in [-0.4, -0.2) is 24.2 Å². The number of ether oxygens (including phenoxy) is 2. The van der Waals surface area contributed by atoms with Crippen molar-refractivity contribution in [2.24, 2.45) is 33.5 Å². The number of aromatic hydroxyl groups is 1. The molecule has 2 aromatic rings. The average Bonchev–Trinajstić information content (AvgIpc) is 2.92. The molecule has 0 aliphatic carbocycles. The second-order valence-corrected chi connectivity index (χ2v) is 15.9. The first-order valence-corrected chi connectivity index (χ1v) is 15.9. The minimum Gasteiger partial charge on any atom is -0.508 e. The molecule has 0 saturated heterocycles. The van der Waals surface area contributed by atoms with Crippen molar-refractivity contribution in [2.45, 2.75) is 108 Å². The van der Waals surface area contributed by atoms with Crippen molar-refractivity contribution < 1.29 is 24.2 Å². The third-order valence-corrected chi connectivity index (χ3v) is 10.4. The topological polar surface area (TPSA) is 72.8 Å². The van der Waals surface area contributed by atoms with Crippen LogP contribution in [0.25, 0.3) is 0 Å². The Morgan fingerprint density at radius 1 is 0.841 bits per heavy atom. The summed E-state index contributed by atoms with van der Waals surface area (Å²) in [5.74, 6) is 0.910. The Bertz CT molecular complexity index is 1270. The molecule has 2 rings (SSSR count). The highest BCUT2D eigenvalue weighted by atomic mass is 16.5. The molecule has 0 aliphatic heterocycles. The summed E-state index contributed by atoms with van der Waals surface area (Å²) in [7, 11) is 1.47. The zero-order valence-electron chi connectivity index (χ0n) is 29.6. The van der Waals surface area contributed by atoms with E-state index in [1.54, 1.807) is 19.1 Å². The quantitative estimate of drug-likeness (QED) is 0.148. The molecule has 1 N–H and O–H groups in total. The van der Waals surface area contributed by atoms with Crippen LogP contribution in [0.5, 0.6) is 11.5 Å². The molecule has 0 aliphatic rings. The second kappa shape index (κ2) is 13.9. The van der Waals surface area contributed by atoms with E-state index in [0.717, 1.165) is 18.4 Å². The maximum atomic E-state index is 13.7. The van der Waals surface area contributed by atoms with E-state index in [2.05, 4.69) is 87.9 Å². The Kier molecular flexibility index (Phi) is 11.7. The summed E-state index contributed by atoms with van der Waals surface area (Å²) in [6, 6.07) is 15.4. The summed E-state index contributed by atoms with van der Waals surface area (Å²) < 4.78 is 11.0. The number of methoxy groups -OCH3 is 1. The van der Waals surface area contributed by atoms with Gasteiger partial charge in [0.2, 0.25) is 0 Å². The molecule has 0 bridgehead atoms. The smallest absolute Gasteiger partial charge is 0.338 e. The molecule has 0 fully saturated rings. The molecule has 5 heteroatoms. The van der Waals surface area contributed by atoms with Crippen molar-refractivity contribution in [1.29, 1.82) is 0 Å².